The second-order valence-electron chi connectivity index (χ2n) is 5.10. The van der Waals surface area contributed by atoms with Crippen molar-refractivity contribution in [1.82, 2.24) is 0 Å². The van der Waals surface area contributed by atoms with E-state index < -0.39 is 0 Å². The zero-order chi connectivity index (χ0) is 12.8. The van der Waals surface area contributed by atoms with E-state index in [9.17, 15) is 0 Å². The lowest BCUT2D eigenvalue weighted by Crippen LogP contribution is -2.48. The topological polar surface area (TPSA) is 38.4 Å². The molecular weight excluding hydrogens is 196 g/mol. The Labute approximate surface area is 102 Å². The summed E-state index contributed by atoms with van der Waals surface area (Å²) in [6.45, 7) is 13.7. The van der Waals surface area contributed by atoms with Crippen molar-refractivity contribution in [3.8, 4) is 0 Å². The first-order chi connectivity index (χ1) is 7.47. The molecule has 0 saturated carbocycles. The quantitative estimate of drug-likeness (QED) is 0.517. The Morgan fingerprint density at radius 3 is 1.88 bits per heavy atom. The maximum atomic E-state index is 5.57. The Hall–Kier alpha value is -0.530. The van der Waals surface area contributed by atoms with Crippen LogP contribution in [0.25, 0.3) is 0 Å². The molecule has 2 atom stereocenters. The van der Waals surface area contributed by atoms with Crippen molar-refractivity contribution in [3.63, 3.8) is 0 Å². The zero-order valence-electron chi connectivity index (χ0n) is 12.0. The van der Waals surface area contributed by atoms with Crippen LogP contribution in [0.2, 0.25) is 0 Å². The molecule has 0 aliphatic heterocycles. The minimum absolute atomic E-state index is 0.00588. The van der Waals surface area contributed by atoms with E-state index >= 15 is 0 Å². The first kappa shape index (κ1) is 15.5. The summed E-state index contributed by atoms with van der Waals surface area (Å²) in [6.07, 6.45) is 5.98. The maximum absolute atomic E-state index is 5.57. The van der Waals surface area contributed by atoms with E-state index in [0.717, 1.165) is 19.3 Å². The van der Waals surface area contributed by atoms with Crippen molar-refractivity contribution >= 4 is 6.34 Å². The summed E-state index contributed by atoms with van der Waals surface area (Å²) in [4.78, 5) is 4.66. The van der Waals surface area contributed by atoms with E-state index in [1.54, 1.807) is 0 Å². The molecule has 0 aromatic heterocycles. The van der Waals surface area contributed by atoms with Crippen molar-refractivity contribution in [2.75, 3.05) is 0 Å². The monoisotopic (exact) mass is 226 g/mol. The number of nitrogens with zero attached hydrogens (tertiary/aromatic N) is 1. The first-order valence-corrected chi connectivity index (χ1v) is 6.73. The molecule has 2 unspecified atom stereocenters. The van der Waals surface area contributed by atoms with E-state index in [2.05, 4.69) is 46.5 Å². The van der Waals surface area contributed by atoms with Gasteiger partial charge in [-0.15, -0.1) is 0 Å². The summed E-state index contributed by atoms with van der Waals surface area (Å²) in [6, 6.07) is 0. The molecule has 0 aliphatic carbocycles. The van der Waals surface area contributed by atoms with Crippen LogP contribution in [-0.4, -0.2) is 11.9 Å². The second kappa shape index (κ2) is 6.27. The van der Waals surface area contributed by atoms with Crippen LogP contribution >= 0.6 is 0 Å². The van der Waals surface area contributed by atoms with Gasteiger partial charge >= 0.3 is 0 Å². The van der Waals surface area contributed by atoms with Gasteiger partial charge in [-0.05, 0) is 30.6 Å². The molecule has 2 nitrogen and oxygen atoms in total. The zero-order valence-corrected chi connectivity index (χ0v) is 12.0. The third-order valence-electron chi connectivity index (χ3n) is 4.99. The van der Waals surface area contributed by atoms with Crippen LogP contribution in [0, 0.1) is 11.3 Å². The highest BCUT2D eigenvalue weighted by molar-refractivity contribution is 5.52. The largest absolute Gasteiger partial charge is 0.390 e. The van der Waals surface area contributed by atoms with Gasteiger partial charge in [0, 0.05) is 0 Å². The van der Waals surface area contributed by atoms with E-state index in [1.807, 2.05) is 0 Å². The van der Waals surface area contributed by atoms with Crippen molar-refractivity contribution in [2.24, 2.45) is 22.1 Å². The molecule has 0 fully saturated rings. The van der Waals surface area contributed by atoms with E-state index in [1.165, 1.54) is 12.8 Å². The Bertz CT molecular complexity index is 219. The molecule has 0 rings (SSSR count). The molecule has 96 valence electrons. The SMILES string of the molecule is CCC(C)C(C)(CC)C(CC)(CC)N=CN. The van der Waals surface area contributed by atoms with Gasteiger partial charge in [-0.2, -0.15) is 0 Å². The Morgan fingerprint density at radius 2 is 1.62 bits per heavy atom. The summed E-state index contributed by atoms with van der Waals surface area (Å²) in [5.74, 6) is 0.668. The molecule has 2 heteroatoms. The Kier molecular flexibility index (Phi) is 6.06. The molecule has 16 heavy (non-hydrogen) atoms. The molecule has 0 spiro atoms. The summed E-state index contributed by atoms with van der Waals surface area (Å²) in [5.41, 5.74) is 5.81. The van der Waals surface area contributed by atoms with Crippen molar-refractivity contribution in [2.45, 2.75) is 72.8 Å². The highest BCUT2D eigenvalue weighted by Gasteiger charge is 2.46. The van der Waals surface area contributed by atoms with Gasteiger partial charge in [0.05, 0.1) is 11.9 Å². The van der Waals surface area contributed by atoms with E-state index in [4.69, 9.17) is 5.73 Å². The lowest BCUT2D eigenvalue weighted by atomic mass is 9.59. The normalized spacial score (nSPS) is 18.6. The molecular formula is C14H30N2. The number of hydrogen-bond donors (Lipinski definition) is 1. The second-order valence-corrected chi connectivity index (χ2v) is 5.10. The predicted molar refractivity (Wildman–Crippen MR) is 73.8 cm³/mol. The number of hydrogen-bond acceptors (Lipinski definition) is 1. The number of rotatable bonds is 7. The highest BCUT2D eigenvalue weighted by atomic mass is 14.9. The highest BCUT2D eigenvalue weighted by Crippen LogP contribution is 2.48. The molecule has 0 bridgehead atoms. The summed E-state index contributed by atoms with van der Waals surface area (Å²) in [7, 11) is 0. The van der Waals surface area contributed by atoms with Crippen LogP contribution in [0.4, 0.5) is 0 Å². The summed E-state index contributed by atoms with van der Waals surface area (Å²) < 4.78 is 0. The molecule has 0 aromatic carbocycles. The van der Waals surface area contributed by atoms with Gasteiger partial charge in [-0.1, -0.05) is 48.0 Å². The Morgan fingerprint density at radius 1 is 1.12 bits per heavy atom. The van der Waals surface area contributed by atoms with Gasteiger partial charge in [0.2, 0.25) is 0 Å². The fourth-order valence-corrected chi connectivity index (χ4v) is 3.12. The van der Waals surface area contributed by atoms with Crippen LogP contribution in [0.1, 0.15) is 67.2 Å². The molecule has 0 heterocycles. The molecule has 0 radical (unpaired) electrons. The van der Waals surface area contributed by atoms with Crippen molar-refractivity contribution in [3.05, 3.63) is 0 Å². The minimum Gasteiger partial charge on any atom is -0.390 e. The first-order valence-electron chi connectivity index (χ1n) is 6.73. The smallest absolute Gasteiger partial charge is 0.0804 e. The predicted octanol–water partition coefficient (Wildman–Crippen LogP) is 3.99. The van der Waals surface area contributed by atoms with E-state index in [-0.39, 0.29) is 11.0 Å². The van der Waals surface area contributed by atoms with Crippen LogP contribution < -0.4 is 5.73 Å². The lowest BCUT2D eigenvalue weighted by Gasteiger charge is -2.49. The number of nitrogens with two attached hydrogens (primary N) is 1. The average molecular weight is 226 g/mol. The molecule has 0 aromatic rings. The van der Waals surface area contributed by atoms with Crippen LogP contribution in [0.5, 0.6) is 0 Å². The summed E-state index contributed by atoms with van der Waals surface area (Å²) >= 11 is 0. The third kappa shape index (κ3) is 2.41. The van der Waals surface area contributed by atoms with Gasteiger partial charge in [0.1, 0.15) is 0 Å². The van der Waals surface area contributed by atoms with Crippen molar-refractivity contribution < 1.29 is 0 Å². The standard InChI is InChI=1S/C14H30N2/c1-7-12(5)13(6,8-2)14(9-3,10-4)16-11-15/h11-12H,7-10H2,1-6H3,(H2,15,16). The fraction of sp³-hybridized carbons (Fsp3) is 0.929. The Balaban J connectivity index is 5.43. The van der Waals surface area contributed by atoms with Gasteiger partial charge in [-0.3, -0.25) is 4.99 Å². The minimum atomic E-state index is 0.00588. The van der Waals surface area contributed by atoms with Gasteiger partial charge < -0.3 is 5.73 Å². The van der Waals surface area contributed by atoms with Crippen LogP contribution in [0.15, 0.2) is 4.99 Å². The van der Waals surface area contributed by atoms with Crippen molar-refractivity contribution in [1.29, 1.82) is 0 Å². The maximum Gasteiger partial charge on any atom is 0.0804 e. The van der Waals surface area contributed by atoms with E-state index in [0.29, 0.717) is 5.92 Å². The van der Waals surface area contributed by atoms with Gasteiger partial charge in [-0.25, -0.2) is 0 Å². The molecule has 0 saturated heterocycles. The fourth-order valence-electron chi connectivity index (χ4n) is 3.12. The molecule has 0 amide bonds. The van der Waals surface area contributed by atoms with Gasteiger partial charge in [0.15, 0.2) is 0 Å². The third-order valence-corrected chi connectivity index (χ3v) is 4.99. The van der Waals surface area contributed by atoms with Gasteiger partial charge in [0.25, 0.3) is 0 Å². The lowest BCUT2D eigenvalue weighted by molar-refractivity contribution is 0.0581. The molecule has 0 aliphatic rings. The molecule has 2 N–H and O–H groups in total. The summed E-state index contributed by atoms with van der Waals surface area (Å²) in [5, 5.41) is 0. The van der Waals surface area contributed by atoms with Crippen LogP contribution in [-0.2, 0) is 0 Å². The van der Waals surface area contributed by atoms with Crippen LogP contribution in [0.3, 0.4) is 0 Å². The average Bonchev–Trinajstić information content (AvgIpc) is 2.33. The number of aliphatic imine (C=N–C) groups is 1.